The van der Waals surface area contributed by atoms with Crippen LogP contribution in [0.2, 0.25) is 5.02 Å². The number of rotatable bonds is 5. The second-order valence-electron chi connectivity index (χ2n) is 4.33. The Labute approximate surface area is 122 Å². The topological polar surface area (TPSA) is 26.0 Å². The van der Waals surface area contributed by atoms with E-state index in [-0.39, 0.29) is 11.9 Å². The van der Waals surface area contributed by atoms with E-state index in [4.69, 9.17) is 17.3 Å². The normalized spacial score (nSPS) is 12.4. The van der Waals surface area contributed by atoms with Crippen LogP contribution in [-0.2, 0) is 6.42 Å². The summed E-state index contributed by atoms with van der Waals surface area (Å²) >= 11 is 7.73. The lowest BCUT2D eigenvalue weighted by molar-refractivity contribution is 0.626. The van der Waals surface area contributed by atoms with Gasteiger partial charge in [0, 0.05) is 16.7 Å². The van der Waals surface area contributed by atoms with Crippen LogP contribution < -0.4 is 5.73 Å². The van der Waals surface area contributed by atoms with Gasteiger partial charge in [-0.15, -0.1) is 11.8 Å². The number of benzene rings is 2. The maximum atomic E-state index is 12.8. The van der Waals surface area contributed by atoms with Crippen molar-refractivity contribution in [3.8, 4) is 0 Å². The van der Waals surface area contributed by atoms with Crippen molar-refractivity contribution in [2.75, 3.05) is 5.75 Å². The van der Waals surface area contributed by atoms with E-state index in [2.05, 4.69) is 0 Å². The van der Waals surface area contributed by atoms with Gasteiger partial charge in [-0.1, -0.05) is 35.9 Å². The molecule has 1 atom stereocenters. The average molecular weight is 296 g/mol. The van der Waals surface area contributed by atoms with Crippen LogP contribution in [0.4, 0.5) is 4.39 Å². The fraction of sp³-hybridized carbons (Fsp3) is 0.200. The van der Waals surface area contributed by atoms with Gasteiger partial charge in [0.25, 0.3) is 0 Å². The number of thioether (sulfide) groups is 1. The van der Waals surface area contributed by atoms with Crippen molar-refractivity contribution >= 4 is 23.4 Å². The van der Waals surface area contributed by atoms with Gasteiger partial charge in [-0.05, 0) is 36.2 Å². The summed E-state index contributed by atoms with van der Waals surface area (Å²) in [6.07, 6.45) is 0.734. The molecule has 19 heavy (non-hydrogen) atoms. The second-order valence-corrected chi connectivity index (χ2v) is 5.80. The number of hydrogen-bond acceptors (Lipinski definition) is 2. The standard InChI is InChI=1S/C15H15ClFNS/c16-14-3-1-2-4-15(14)19-10-13(18)9-11-5-7-12(17)8-6-11/h1-8,13H,9-10,18H2. The van der Waals surface area contributed by atoms with E-state index in [1.54, 1.807) is 23.9 Å². The quantitative estimate of drug-likeness (QED) is 0.839. The smallest absolute Gasteiger partial charge is 0.123 e. The Morgan fingerprint density at radius 3 is 2.47 bits per heavy atom. The van der Waals surface area contributed by atoms with Gasteiger partial charge in [-0.25, -0.2) is 4.39 Å². The Morgan fingerprint density at radius 2 is 1.79 bits per heavy atom. The molecule has 0 aliphatic carbocycles. The van der Waals surface area contributed by atoms with Gasteiger partial charge in [0.05, 0.1) is 5.02 Å². The average Bonchev–Trinajstić information content (AvgIpc) is 2.40. The summed E-state index contributed by atoms with van der Waals surface area (Å²) in [5.41, 5.74) is 7.13. The van der Waals surface area contributed by atoms with Crippen molar-refractivity contribution in [1.29, 1.82) is 0 Å². The van der Waals surface area contributed by atoms with E-state index in [9.17, 15) is 4.39 Å². The van der Waals surface area contributed by atoms with Gasteiger partial charge in [0.15, 0.2) is 0 Å². The van der Waals surface area contributed by atoms with Crippen molar-refractivity contribution in [3.05, 3.63) is 64.9 Å². The molecule has 0 spiro atoms. The molecule has 0 saturated heterocycles. The highest BCUT2D eigenvalue weighted by molar-refractivity contribution is 7.99. The zero-order chi connectivity index (χ0) is 13.7. The van der Waals surface area contributed by atoms with E-state index in [1.165, 1.54) is 12.1 Å². The Bertz CT molecular complexity index is 530. The molecule has 0 aliphatic rings. The summed E-state index contributed by atoms with van der Waals surface area (Å²) in [7, 11) is 0. The molecule has 0 bridgehead atoms. The molecule has 0 aromatic heterocycles. The Hall–Kier alpha value is -1.03. The number of halogens is 2. The minimum Gasteiger partial charge on any atom is -0.327 e. The molecular formula is C15H15ClFNS. The van der Waals surface area contributed by atoms with E-state index < -0.39 is 0 Å². The second kappa shape index (κ2) is 6.94. The van der Waals surface area contributed by atoms with Crippen LogP contribution in [0.5, 0.6) is 0 Å². The van der Waals surface area contributed by atoms with Crippen LogP contribution in [-0.4, -0.2) is 11.8 Å². The predicted molar refractivity (Wildman–Crippen MR) is 80.3 cm³/mol. The summed E-state index contributed by atoms with van der Waals surface area (Å²) in [5.74, 6) is 0.559. The monoisotopic (exact) mass is 295 g/mol. The molecule has 0 heterocycles. The lowest BCUT2D eigenvalue weighted by Gasteiger charge is -2.12. The Balaban J connectivity index is 1.86. The van der Waals surface area contributed by atoms with Gasteiger partial charge in [-0.2, -0.15) is 0 Å². The first-order valence-electron chi connectivity index (χ1n) is 6.02. The molecule has 0 aliphatic heterocycles. The third-order valence-corrected chi connectivity index (χ3v) is 4.40. The molecule has 0 fully saturated rings. The molecule has 4 heteroatoms. The molecule has 2 aromatic carbocycles. The SMILES string of the molecule is NC(CSc1ccccc1Cl)Cc1ccc(F)cc1. The first kappa shape index (κ1) is 14.4. The van der Waals surface area contributed by atoms with E-state index >= 15 is 0 Å². The molecule has 0 amide bonds. The third-order valence-electron chi connectivity index (χ3n) is 2.70. The van der Waals surface area contributed by atoms with E-state index in [0.717, 1.165) is 27.7 Å². The van der Waals surface area contributed by atoms with E-state index in [0.29, 0.717) is 0 Å². The van der Waals surface area contributed by atoms with Gasteiger partial charge < -0.3 is 5.73 Å². The molecule has 1 unspecified atom stereocenters. The Kier molecular flexibility index (Phi) is 5.25. The van der Waals surface area contributed by atoms with Gasteiger partial charge >= 0.3 is 0 Å². The van der Waals surface area contributed by atoms with Crippen LogP contribution in [0.3, 0.4) is 0 Å². The minimum absolute atomic E-state index is 0.0201. The van der Waals surface area contributed by atoms with Crippen LogP contribution in [0.25, 0.3) is 0 Å². The summed E-state index contributed by atoms with van der Waals surface area (Å²) in [6, 6.07) is 14.2. The number of nitrogens with two attached hydrogens (primary N) is 1. The first-order valence-corrected chi connectivity index (χ1v) is 7.39. The fourth-order valence-electron chi connectivity index (χ4n) is 1.74. The van der Waals surface area contributed by atoms with Crippen molar-refractivity contribution in [3.63, 3.8) is 0 Å². The molecule has 2 rings (SSSR count). The molecule has 0 saturated carbocycles. The highest BCUT2D eigenvalue weighted by Crippen LogP contribution is 2.27. The van der Waals surface area contributed by atoms with Crippen LogP contribution in [0, 0.1) is 5.82 Å². The fourth-order valence-corrected chi connectivity index (χ4v) is 2.93. The summed E-state index contributed by atoms with van der Waals surface area (Å²) < 4.78 is 12.8. The van der Waals surface area contributed by atoms with Crippen LogP contribution in [0.15, 0.2) is 53.4 Å². The van der Waals surface area contributed by atoms with Crippen molar-refractivity contribution < 1.29 is 4.39 Å². The predicted octanol–water partition coefficient (Wildman–Crippen LogP) is 4.14. The van der Waals surface area contributed by atoms with Gasteiger partial charge in [0.1, 0.15) is 5.82 Å². The van der Waals surface area contributed by atoms with Gasteiger partial charge in [0.2, 0.25) is 0 Å². The molecular weight excluding hydrogens is 281 g/mol. The summed E-state index contributed by atoms with van der Waals surface area (Å²) in [5, 5.41) is 0.751. The van der Waals surface area contributed by atoms with Crippen molar-refractivity contribution in [1.82, 2.24) is 0 Å². The largest absolute Gasteiger partial charge is 0.327 e. The molecule has 0 radical (unpaired) electrons. The number of hydrogen-bond donors (Lipinski definition) is 1. The molecule has 2 N–H and O–H groups in total. The molecule has 1 nitrogen and oxygen atoms in total. The zero-order valence-corrected chi connectivity index (χ0v) is 11.9. The third kappa shape index (κ3) is 4.53. The molecule has 2 aromatic rings. The van der Waals surface area contributed by atoms with Crippen LogP contribution in [0.1, 0.15) is 5.56 Å². The highest BCUT2D eigenvalue weighted by Gasteiger charge is 2.07. The lowest BCUT2D eigenvalue weighted by Crippen LogP contribution is -2.25. The molecule has 100 valence electrons. The van der Waals surface area contributed by atoms with Crippen LogP contribution >= 0.6 is 23.4 Å². The Morgan fingerprint density at radius 1 is 1.11 bits per heavy atom. The lowest BCUT2D eigenvalue weighted by atomic mass is 10.1. The zero-order valence-electron chi connectivity index (χ0n) is 10.4. The maximum Gasteiger partial charge on any atom is 0.123 e. The van der Waals surface area contributed by atoms with Crippen molar-refractivity contribution in [2.45, 2.75) is 17.4 Å². The maximum absolute atomic E-state index is 12.8. The van der Waals surface area contributed by atoms with E-state index in [1.807, 2.05) is 24.3 Å². The van der Waals surface area contributed by atoms with Crippen molar-refractivity contribution in [2.24, 2.45) is 5.73 Å². The first-order chi connectivity index (χ1) is 9.15. The summed E-state index contributed by atoms with van der Waals surface area (Å²) in [6.45, 7) is 0. The van der Waals surface area contributed by atoms with Gasteiger partial charge in [-0.3, -0.25) is 0 Å². The highest BCUT2D eigenvalue weighted by atomic mass is 35.5. The minimum atomic E-state index is -0.220. The summed E-state index contributed by atoms with van der Waals surface area (Å²) in [4.78, 5) is 1.04.